The van der Waals surface area contributed by atoms with Crippen molar-refractivity contribution in [2.45, 2.75) is 52.7 Å². The van der Waals surface area contributed by atoms with Crippen molar-refractivity contribution in [3.05, 3.63) is 5.32 Å². The molecule has 1 N–H and O–H groups in total. The molecule has 8 nitrogen and oxygen atoms in total. The molecule has 0 fully saturated rings. The Morgan fingerprint density at radius 2 is 1.57 bits per heavy atom. The number of carbonyl (C=O) groups excluding carboxylic acids is 2. The first-order valence-corrected chi connectivity index (χ1v) is 6.92. The Labute approximate surface area is 163 Å². The molecule has 0 heterocycles. The molecule has 0 spiro atoms. The fourth-order valence-corrected chi connectivity index (χ4v) is 1.18. The third kappa shape index (κ3) is 12.4. The van der Waals surface area contributed by atoms with Crippen LogP contribution < -0.4 is 5.32 Å². The molecule has 0 aromatic rings. The van der Waals surface area contributed by atoms with Crippen LogP contribution >= 0.6 is 0 Å². The molecule has 0 atom stereocenters. The number of amides is 2. The molecule has 0 bridgehead atoms. The molecule has 9 heteroatoms. The minimum absolute atomic E-state index is 0. The van der Waals surface area contributed by atoms with Gasteiger partial charge in [-0.25, -0.2) is 9.59 Å². The molecule has 0 aromatic carbocycles. The van der Waals surface area contributed by atoms with Crippen LogP contribution in [0.3, 0.4) is 0 Å². The molecular weight excluding hydrogens is 377 g/mol. The van der Waals surface area contributed by atoms with Crippen LogP contribution in [0.1, 0.15) is 41.5 Å². The molecule has 0 aliphatic rings. The standard InChI is InChI=1S/C14H27N4O4.Y/c1-13(2,3)21-11(19)17-10(16-9-15-7)18(8)12(20)22-14(4,5)6;/h9H2,1-8H3,(H,16,17,19);/q-1;. The second-order valence-electron chi connectivity index (χ2n) is 6.61. The van der Waals surface area contributed by atoms with Gasteiger partial charge < -0.3 is 14.8 Å². The summed E-state index contributed by atoms with van der Waals surface area (Å²) in [5.41, 5.74) is -1.31. The molecule has 131 valence electrons. The predicted octanol–water partition coefficient (Wildman–Crippen LogP) is 2.69. The summed E-state index contributed by atoms with van der Waals surface area (Å²) in [4.78, 5) is 29.0. The van der Waals surface area contributed by atoms with Gasteiger partial charge in [-0.15, -0.1) is 0 Å². The largest absolute Gasteiger partial charge is 0.646 e. The topological polar surface area (TPSA) is 94.3 Å². The molecule has 0 aliphatic carbocycles. The van der Waals surface area contributed by atoms with Gasteiger partial charge in [-0.1, -0.05) is 0 Å². The van der Waals surface area contributed by atoms with E-state index in [1.54, 1.807) is 48.6 Å². The minimum Gasteiger partial charge on any atom is -0.646 e. The van der Waals surface area contributed by atoms with Crippen LogP contribution in [-0.2, 0) is 42.2 Å². The second-order valence-corrected chi connectivity index (χ2v) is 6.61. The maximum Gasteiger partial charge on any atom is 0.416 e. The number of ether oxygens (including phenoxy) is 2. The van der Waals surface area contributed by atoms with Crippen LogP contribution in [0, 0.1) is 0 Å². The number of nitrogens with zero attached hydrogens (tertiary/aromatic N) is 3. The molecule has 0 saturated carbocycles. The number of rotatable bonds is 2. The van der Waals surface area contributed by atoms with E-state index < -0.39 is 23.4 Å². The summed E-state index contributed by atoms with van der Waals surface area (Å²) in [7, 11) is 3.02. The van der Waals surface area contributed by atoms with Gasteiger partial charge in [0.15, 0.2) is 0 Å². The van der Waals surface area contributed by atoms with Gasteiger partial charge in [-0.3, -0.25) is 15.2 Å². The van der Waals surface area contributed by atoms with Crippen molar-refractivity contribution in [2.75, 3.05) is 20.8 Å². The fourth-order valence-electron chi connectivity index (χ4n) is 1.18. The first kappa shape index (κ1) is 24.5. The van der Waals surface area contributed by atoms with E-state index in [0.717, 1.165) is 4.90 Å². The Bertz CT molecular complexity index is 427. The molecule has 1 radical (unpaired) electrons. The summed E-state index contributed by atoms with van der Waals surface area (Å²) >= 11 is 0. The van der Waals surface area contributed by atoms with E-state index in [0.29, 0.717) is 0 Å². The van der Waals surface area contributed by atoms with Crippen molar-refractivity contribution in [1.82, 2.24) is 10.2 Å². The minimum atomic E-state index is -0.710. The summed E-state index contributed by atoms with van der Waals surface area (Å²) in [6.45, 7) is 10.6. The van der Waals surface area contributed by atoms with E-state index in [-0.39, 0.29) is 45.3 Å². The average molecular weight is 404 g/mol. The van der Waals surface area contributed by atoms with Gasteiger partial charge in [0.05, 0.1) is 0 Å². The SMILES string of the molecule is C[N-]C/N=C(\NC(=O)OC(C)(C)C)N(C)C(=O)OC(C)(C)C.[Y]. The molecular formula is C14H27N4O4Y-. The second kappa shape index (κ2) is 10.2. The summed E-state index contributed by atoms with van der Waals surface area (Å²) < 4.78 is 10.4. The molecule has 23 heavy (non-hydrogen) atoms. The summed E-state index contributed by atoms with van der Waals surface area (Å²) in [5.74, 6) is 0.00843. The van der Waals surface area contributed by atoms with E-state index in [2.05, 4.69) is 15.6 Å². The van der Waals surface area contributed by atoms with Gasteiger partial charge in [-0.05, 0) is 48.2 Å². The Morgan fingerprint density at radius 1 is 1.09 bits per heavy atom. The van der Waals surface area contributed by atoms with Gasteiger partial charge in [0, 0.05) is 39.8 Å². The van der Waals surface area contributed by atoms with Crippen LogP contribution in [-0.4, -0.2) is 55.0 Å². The number of nitrogens with one attached hydrogen (secondary N) is 1. The van der Waals surface area contributed by atoms with Crippen molar-refractivity contribution in [3.8, 4) is 0 Å². The van der Waals surface area contributed by atoms with E-state index in [1.807, 2.05) is 0 Å². The molecule has 0 unspecified atom stereocenters. The zero-order chi connectivity index (χ0) is 17.6. The van der Waals surface area contributed by atoms with Gasteiger partial charge in [0.2, 0.25) is 5.96 Å². The first-order chi connectivity index (χ1) is 9.85. The van der Waals surface area contributed by atoms with Crippen molar-refractivity contribution >= 4 is 18.1 Å². The summed E-state index contributed by atoms with van der Waals surface area (Å²) in [6.07, 6.45) is -1.35. The van der Waals surface area contributed by atoms with Crippen molar-refractivity contribution in [1.29, 1.82) is 0 Å². The summed E-state index contributed by atoms with van der Waals surface area (Å²) in [6, 6.07) is 0. The monoisotopic (exact) mass is 404 g/mol. The van der Waals surface area contributed by atoms with Gasteiger partial charge in [0.25, 0.3) is 0 Å². The fraction of sp³-hybridized carbons (Fsp3) is 0.786. The smallest absolute Gasteiger partial charge is 0.416 e. The van der Waals surface area contributed by atoms with E-state index in [4.69, 9.17) is 9.47 Å². The van der Waals surface area contributed by atoms with Crippen LogP contribution in [0.15, 0.2) is 4.99 Å². The number of alkyl carbamates (subject to hydrolysis) is 1. The Balaban J connectivity index is 0. The number of guanidine groups is 1. The maximum atomic E-state index is 12.0. The van der Waals surface area contributed by atoms with Gasteiger partial charge in [-0.2, -0.15) is 7.05 Å². The number of aliphatic imine (C=N–C) groups is 1. The van der Waals surface area contributed by atoms with Crippen LogP contribution in [0.2, 0.25) is 0 Å². The van der Waals surface area contributed by atoms with Gasteiger partial charge in [0.1, 0.15) is 11.2 Å². The van der Waals surface area contributed by atoms with Gasteiger partial charge >= 0.3 is 12.2 Å². The average Bonchev–Trinajstić information content (AvgIpc) is 2.29. The molecule has 0 aliphatic heterocycles. The third-order valence-electron chi connectivity index (χ3n) is 1.96. The molecule has 0 saturated heterocycles. The predicted molar refractivity (Wildman–Crippen MR) is 85.0 cm³/mol. The molecule has 0 rings (SSSR count). The molecule has 0 aromatic heterocycles. The third-order valence-corrected chi connectivity index (χ3v) is 1.96. The quantitative estimate of drug-likeness (QED) is 0.566. The summed E-state index contributed by atoms with van der Waals surface area (Å²) in [5, 5.41) is 6.24. The number of hydrogen-bond acceptors (Lipinski definition) is 5. The van der Waals surface area contributed by atoms with E-state index >= 15 is 0 Å². The zero-order valence-electron chi connectivity index (χ0n) is 15.3. The van der Waals surface area contributed by atoms with E-state index in [1.165, 1.54) is 7.05 Å². The normalized spacial score (nSPS) is 12.1. The van der Waals surface area contributed by atoms with Crippen molar-refractivity contribution in [3.63, 3.8) is 0 Å². The first-order valence-electron chi connectivity index (χ1n) is 6.92. The van der Waals surface area contributed by atoms with Crippen molar-refractivity contribution < 1.29 is 51.8 Å². The van der Waals surface area contributed by atoms with Crippen LogP contribution in [0.25, 0.3) is 5.32 Å². The Morgan fingerprint density at radius 3 is 1.96 bits per heavy atom. The van der Waals surface area contributed by atoms with Crippen LogP contribution in [0.5, 0.6) is 0 Å². The number of carbonyl (C=O) groups is 2. The Hall–Kier alpha value is -0.726. The molecule has 2 amide bonds. The zero-order valence-corrected chi connectivity index (χ0v) is 18.1. The van der Waals surface area contributed by atoms with Crippen molar-refractivity contribution in [2.24, 2.45) is 4.99 Å². The Kier molecular flexibility index (Phi) is 10.9. The number of hydrogen-bond donors (Lipinski definition) is 1. The van der Waals surface area contributed by atoms with Crippen LogP contribution in [0.4, 0.5) is 9.59 Å². The van der Waals surface area contributed by atoms with E-state index in [9.17, 15) is 9.59 Å². The maximum absolute atomic E-state index is 12.0.